The maximum absolute atomic E-state index is 12.3. The first-order valence-electron chi connectivity index (χ1n) is 8.57. The van der Waals surface area contributed by atoms with Crippen molar-refractivity contribution < 1.29 is 18.0 Å². The van der Waals surface area contributed by atoms with E-state index in [0.29, 0.717) is 11.3 Å². The zero-order valence-electron chi connectivity index (χ0n) is 15.7. The zero-order chi connectivity index (χ0) is 20.1. The minimum Gasteiger partial charge on any atom is -0.351 e. The minimum atomic E-state index is -3.45. The van der Waals surface area contributed by atoms with Gasteiger partial charge in [0, 0.05) is 23.2 Å². The van der Waals surface area contributed by atoms with Gasteiger partial charge in [-0.15, -0.1) is 0 Å². The lowest BCUT2D eigenvalue weighted by atomic mass is 9.95. The molecule has 0 aliphatic carbocycles. The number of anilines is 1. The Morgan fingerprint density at radius 3 is 2.26 bits per heavy atom. The van der Waals surface area contributed by atoms with Crippen LogP contribution in [0.3, 0.4) is 0 Å². The van der Waals surface area contributed by atoms with Gasteiger partial charge in [0.25, 0.3) is 5.91 Å². The summed E-state index contributed by atoms with van der Waals surface area (Å²) in [7, 11) is -3.45. The summed E-state index contributed by atoms with van der Waals surface area (Å²) in [6.45, 7) is 5.39. The summed E-state index contributed by atoms with van der Waals surface area (Å²) in [5.41, 5.74) is 0.308. The fourth-order valence-electron chi connectivity index (χ4n) is 2.20. The van der Waals surface area contributed by atoms with E-state index in [4.69, 9.17) is 0 Å². The molecule has 2 amide bonds. The Bertz CT molecular complexity index is 916. The summed E-state index contributed by atoms with van der Waals surface area (Å²) >= 11 is 0. The van der Waals surface area contributed by atoms with Crippen LogP contribution in [0.15, 0.2) is 59.5 Å². The molecule has 2 aromatic carbocycles. The van der Waals surface area contributed by atoms with Crippen LogP contribution >= 0.6 is 0 Å². The highest BCUT2D eigenvalue weighted by atomic mass is 32.2. The summed E-state index contributed by atoms with van der Waals surface area (Å²) in [6.07, 6.45) is 0. The van der Waals surface area contributed by atoms with Gasteiger partial charge in [-0.05, 0) is 30.3 Å². The van der Waals surface area contributed by atoms with Crippen LogP contribution in [0.4, 0.5) is 5.69 Å². The van der Waals surface area contributed by atoms with Gasteiger partial charge in [0.1, 0.15) is 0 Å². The maximum atomic E-state index is 12.3. The highest BCUT2D eigenvalue weighted by Gasteiger charge is 2.21. The Morgan fingerprint density at radius 1 is 0.963 bits per heavy atom. The number of carbonyl (C=O) groups is 2. The normalized spacial score (nSPS) is 11.7. The third-order valence-electron chi connectivity index (χ3n) is 3.82. The summed E-state index contributed by atoms with van der Waals surface area (Å²) in [6, 6.07) is 14.6. The van der Waals surface area contributed by atoms with Crippen LogP contribution in [-0.2, 0) is 14.6 Å². The first-order valence-corrected chi connectivity index (χ1v) is 10.2. The third-order valence-corrected chi connectivity index (χ3v) is 5.55. The van der Waals surface area contributed by atoms with E-state index >= 15 is 0 Å². The van der Waals surface area contributed by atoms with Gasteiger partial charge in [0.2, 0.25) is 5.91 Å². The molecule has 0 saturated carbocycles. The van der Waals surface area contributed by atoms with Crippen molar-refractivity contribution in [3.05, 3.63) is 60.2 Å². The van der Waals surface area contributed by atoms with Crippen molar-refractivity contribution in [3.8, 4) is 0 Å². The van der Waals surface area contributed by atoms with Gasteiger partial charge in [-0.3, -0.25) is 9.59 Å². The van der Waals surface area contributed by atoms with Gasteiger partial charge < -0.3 is 10.6 Å². The average Bonchev–Trinajstić information content (AvgIpc) is 2.61. The highest BCUT2D eigenvalue weighted by molar-refractivity contribution is 7.91. The molecule has 27 heavy (non-hydrogen) atoms. The van der Waals surface area contributed by atoms with E-state index in [0.717, 1.165) is 0 Å². The first-order chi connectivity index (χ1) is 12.6. The quantitative estimate of drug-likeness (QED) is 0.796. The Balaban J connectivity index is 1.97. The van der Waals surface area contributed by atoms with Crippen LogP contribution in [0, 0.1) is 5.41 Å². The van der Waals surface area contributed by atoms with Crippen molar-refractivity contribution >= 4 is 27.3 Å². The van der Waals surface area contributed by atoms with Crippen molar-refractivity contribution in [2.45, 2.75) is 25.7 Å². The zero-order valence-corrected chi connectivity index (χ0v) is 16.5. The van der Waals surface area contributed by atoms with Crippen LogP contribution in [0.2, 0.25) is 0 Å². The van der Waals surface area contributed by atoms with E-state index < -0.39 is 21.2 Å². The standard InChI is InChI=1S/C20H24N2O4S/c1-20(2,3)19(24)22-16-9-7-8-15(14-16)18(23)21-12-13-27(25,26)17-10-5-4-6-11-17/h4-11,14H,12-13H2,1-3H3,(H,21,23)(H,22,24). The molecule has 6 nitrogen and oxygen atoms in total. The van der Waals surface area contributed by atoms with E-state index in [1.807, 2.05) is 0 Å². The van der Waals surface area contributed by atoms with E-state index in [9.17, 15) is 18.0 Å². The first kappa shape index (κ1) is 20.6. The number of carbonyl (C=O) groups excluding carboxylic acids is 2. The fourth-order valence-corrected chi connectivity index (χ4v) is 3.38. The third kappa shape index (κ3) is 5.92. The van der Waals surface area contributed by atoms with Crippen LogP contribution in [0.5, 0.6) is 0 Å². The van der Waals surface area contributed by atoms with Crippen LogP contribution in [0.25, 0.3) is 0 Å². The van der Waals surface area contributed by atoms with Gasteiger partial charge in [-0.2, -0.15) is 0 Å². The van der Waals surface area contributed by atoms with Gasteiger partial charge in [-0.25, -0.2) is 8.42 Å². The molecule has 0 aliphatic heterocycles. The second-order valence-electron chi connectivity index (χ2n) is 7.17. The number of benzene rings is 2. The SMILES string of the molecule is CC(C)(C)C(=O)Nc1cccc(C(=O)NCCS(=O)(=O)c2ccccc2)c1. The van der Waals surface area contributed by atoms with E-state index in [1.165, 1.54) is 12.1 Å². The highest BCUT2D eigenvalue weighted by Crippen LogP contribution is 2.18. The molecule has 0 aliphatic rings. The minimum absolute atomic E-state index is 0.00532. The summed E-state index contributed by atoms with van der Waals surface area (Å²) in [5, 5.41) is 5.37. The van der Waals surface area contributed by atoms with Gasteiger partial charge >= 0.3 is 0 Å². The molecule has 0 bridgehead atoms. The van der Waals surface area contributed by atoms with Crippen LogP contribution in [-0.4, -0.2) is 32.5 Å². The summed E-state index contributed by atoms with van der Waals surface area (Å²) < 4.78 is 24.4. The van der Waals surface area contributed by atoms with Crippen molar-refractivity contribution in [1.29, 1.82) is 0 Å². The number of rotatable bonds is 6. The summed E-state index contributed by atoms with van der Waals surface area (Å²) in [5.74, 6) is -0.748. The largest absolute Gasteiger partial charge is 0.351 e. The molecule has 2 N–H and O–H groups in total. The van der Waals surface area contributed by atoms with Crippen molar-refractivity contribution in [2.75, 3.05) is 17.6 Å². The Kier molecular flexibility index (Phi) is 6.38. The molecule has 144 valence electrons. The Labute approximate surface area is 159 Å². The fraction of sp³-hybridized carbons (Fsp3) is 0.300. The average molecular weight is 388 g/mol. The number of hydrogen-bond acceptors (Lipinski definition) is 4. The monoisotopic (exact) mass is 388 g/mol. The van der Waals surface area contributed by atoms with Gasteiger partial charge in [0.15, 0.2) is 9.84 Å². The lowest BCUT2D eigenvalue weighted by Gasteiger charge is -2.18. The van der Waals surface area contributed by atoms with E-state index in [-0.39, 0.29) is 23.1 Å². The van der Waals surface area contributed by atoms with Crippen LogP contribution < -0.4 is 10.6 Å². The number of nitrogens with one attached hydrogen (secondary N) is 2. The smallest absolute Gasteiger partial charge is 0.251 e. The van der Waals surface area contributed by atoms with Crippen molar-refractivity contribution in [2.24, 2.45) is 5.41 Å². The van der Waals surface area contributed by atoms with E-state index in [2.05, 4.69) is 10.6 Å². The molecule has 0 spiro atoms. The molecule has 0 fully saturated rings. The molecule has 0 radical (unpaired) electrons. The molecule has 0 heterocycles. The number of hydrogen-bond donors (Lipinski definition) is 2. The predicted molar refractivity (Wildman–Crippen MR) is 105 cm³/mol. The maximum Gasteiger partial charge on any atom is 0.251 e. The molecule has 2 aromatic rings. The van der Waals surface area contributed by atoms with Crippen molar-refractivity contribution in [1.82, 2.24) is 5.32 Å². The second-order valence-corrected chi connectivity index (χ2v) is 9.28. The van der Waals surface area contributed by atoms with Gasteiger partial charge in [-0.1, -0.05) is 45.0 Å². The molecule has 2 rings (SSSR count). The second kappa shape index (κ2) is 8.35. The molecule has 0 atom stereocenters. The number of sulfone groups is 1. The molecule has 0 saturated heterocycles. The molecular weight excluding hydrogens is 364 g/mol. The Hall–Kier alpha value is -2.67. The lowest BCUT2D eigenvalue weighted by Crippen LogP contribution is -2.30. The molecular formula is C20H24N2O4S. The van der Waals surface area contributed by atoms with Gasteiger partial charge in [0.05, 0.1) is 10.6 Å². The number of amides is 2. The Morgan fingerprint density at radius 2 is 1.63 bits per heavy atom. The van der Waals surface area contributed by atoms with Crippen LogP contribution in [0.1, 0.15) is 31.1 Å². The topological polar surface area (TPSA) is 92.3 Å². The molecule has 0 aromatic heterocycles. The van der Waals surface area contributed by atoms with Crippen molar-refractivity contribution in [3.63, 3.8) is 0 Å². The predicted octanol–water partition coefficient (Wildman–Crippen LogP) is 2.87. The summed E-state index contributed by atoms with van der Waals surface area (Å²) in [4.78, 5) is 24.6. The van der Waals surface area contributed by atoms with E-state index in [1.54, 1.807) is 63.2 Å². The lowest BCUT2D eigenvalue weighted by molar-refractivity contribution is -0.123. The molecule has 7 heteroatoms. The molecule has 0 unspecified atom stereocenters.